The van der Waals surface area contributed by atoms with E-state index in [1.165, 1.54) is 0 Å². The normalized spacial score (nSPS) is 18.8. The third-order valence-corrected chi connectivity index (χ3v) is 5.12. The Labute approximate surface area is 174 Å². The van der Waals surface area contributed by atoms with Gasteiger partial charge in [-0.3, -0.25) is 19.9 Å². The van der Waals surface area contributed by atoms with Gasteiger partial charge in [-0.1, -0.05) is 61.0 Å². The minimum Gasteiger partial charge on any atom is -0.318 e. The molecule has 1 atom stereocenters. The van der Waals surface area contributed by atoms with Gasteiger partial charge in [0.05, 0.1) is 6.54 Å². The number of nitrogens with one attached hydrogen (secondary N) is 2. The van der Waals surface area contributed by atoms with E-state index < -0.39 is 23.4 Å². The average Bonchev–Trinajstić information content (AvgIpc) is 2.93. The van der Waals surface area contributed by atoms with Gasteiger partial charge >= 0.3 is 6.03 Å². The summed E-state index contributed by atoms with van der Waals surface area (Å²) in [5.41, 5.74) is 2.88. The van der Waals surface area contributed by atoms with Crippen molar-refractivity contribution >= 4 is 29.4 Å². The Kier molecular flexibility index (Phi) is 6.20. The third kappa shape index (κ3) is 4.41. The van der Waals surface area contributed by atoms with Crippen molar-refractivity contribution in [2.45, 2.75) is 25.4 Å². The fourth-order valence-electron chi connectivity index (χ4n) is 3.45. The van der Waals surface area contributed by atoms with Crippen molar-refractivity contribution in [1.29, 1.82) is 0 Å². The summed E-state index contributed by atoms with van der Waals surface area (Å²) in [6.07, 6.45) is 0.364. The maximum Gasteiger partial charge on any atom is 0.344 e. The molecule has 29 heavy (non-hydrogen) atoms. The van der Waals surface area contributed by atoms with Crippen molar-refractivity contribution in [1.82, 2.24) is 20.7 Å². The van der Waals surface area contributed by atoms with Gasteiger partial charge in [0.15, 0.2) is 0 Å². The third-order valence-electron chi connectivity index (χ3n) is 4.88. The zero-order valence-corrected chi connectivity index (χ0v) is 17.1. The molecular weight excluding hydrogens is 392 g/mol. The topological polar surface area (TPSA) is 81.8 Å². The molecule has 1 aliphatic rings. The molecule has 152 valence electrons. The molecule has 2 N–H and O–H groups in total. The predicted octanol–water partition coefficient (Wildman–Crippen LogP) is 2.66. The molecular formula is C21H23ClN4O3. The molecule has 0 aromatic heterocycles. The quantitative estimate of drug-likeness (QED) is 0.682. The summed E-state index contributed by atoms with van der Waals surface area (Å²) >= 11 is 5.98. The smallest absolute Gasteiger partial charge is 0.318 e. The van der Waals surface area contributed by atoms with Crippen LogP contribution in [0.3, 0.4) is 0 Å². The Morgan fingerprint density at radius 3 is 2.55 bits per heavy atom. The number of likely N-dealkylation sites (N-methyl/N-ethyl adjacent to an activating group) is 1. The Balaban J connectivity index is 1.66. The van der Waals surface area contributed by atoms with Gasteiger partial charge in [0.25, 0.3) is 11.8 Å². The second-order valence-corrected chi connectivity index (χ2v) is 7.47. The van der Waals surface area contributed by atoms with E-state index in [0.717, 1.165) is 10.6 Å². The molecule has 8 heteroatoms. The number of hydrazine groups is 1. The van der Waals surface area contributed by atoms with Crippen LogP contribution in [0.25, 0.3) is 0 Å². The number of benzene rings is 2. The molecule has 0 bridgehead atoms. The highest BCUT2D eigenvalue weighted by Crippen LogP contribution is 2.31. The van der Waals surface area contributed by atoms with E-state index in [-0.39, 0.29) is 6.54 Å². The van der Waals surface area contributed by atoms with Crippen LogP contribution in [0, 0.1) is 0 Å². The molecule has 1 saturated heterocycles. The number of imide groups is 1. The van der Waals surface area contributed by atoms with Gasteiger partial charge < -0.3 is 5.32 Å². The fourth-order valence-corrected chi connectivity index (χ4v) is 3.66. The number of nitrogens with zero attached hydrogens (tertiary/aromatic N) is 2. The predicted molar refractivity (Wildman–Crippen MR) is 110 cm³/mol. The number of halogens is 1. The summed E-state index contributed by atoms with van der Waals surface area (Å²) in [6, 6.07) is 15.7. The van der Waals surface area contributed by atoms with Crippen molar-refractivity contribution in [2.24, 2.45) is 0 Å². The summed E-state index contributed by atoms with van der Waals surface area (Å²) in [5, 5.41) is 4.12. The molecule has 1 unspecified atom stereocenters. The number of amides is 4. The molecule has 2 aromatic carbocycles. The summed E-state index contributed by atoms with van der Waals surface area (Å²) in [5.74, 6) is -0.958. The largest absolute Gasteiger partial charge is 0.344 e. The van der Waals surface area contributed by atoms with Crippen LogP contribution in [0.5, 0.6) is 0 Å². The van der Waals surface area contributed by atoms with E-state index in [1.807, 2.05) is 31.2 Å². The molecule has 0 radical (unpaired) electrons. The van der Waals surface area contributed by atoms with Crippen molar-refractivity contribution in [3.8, 4) is 0 Å². The van der Waals surface area contributed by atoms with Crippen LogP contribution in [-0.4, -0.2) is 41.3 Å². The number of carbonyl (C=O) groups is 3. The maximum absolute atomic E-state index is 13.0. The molecule has 1 fully saturated rings. The molecule has 1 heterocycles. The second kappa shape index (κ2) is 8.63. The number of hydrogen-bond donors (Lipinski definition) is 2. The van der Waals surface area contributed by atoms with Crippen molar-refractivity contribution in [3.05, 3.63) is 70.7 Å². The summed E-state index contributed by atoms with van der Waals surface area (Å²) in [6.45, 7) is 2.32. The van der Waals surface area contributed by atoms with Gasteiger partial charge in [0.2, 0.25) is 0 Å². The zero-order valence-electron chi connectivity index (χ0n) is 16.3. The highest BCUT2D eigenvalue weighted by Gasteiger charge is 2.52. The van der Waals surface area contributed by atoms with E-state index >= 15 is 0 Å². The number of hydrogen-bond acceptors (Lipinski definition) is 4. The first-order valence-electron chi connectivity index (χ1n) is 9.30. The number of carbonyl (C=O) groups excluding carboxylic acids is 3. The second-order valence-electron chi connectivity index (χ2n) is 7.03. The van der Waals surface area contributed by atoms with E-state index in [4.69, 9.17) is 11.6 Å². The first-order valence-corrected chi connectivity index (χ1v) is 9.68. The lowest BCUT2D eigenvalue weighted by molar-refractivity contribution is -0.139. The molecule has 0 saturated carbocycles. The molecule has 2 aromatic rings. The Morgan fingerprint density at radius 2 is 1.90 bits per heavy atom. The van der Waals surface area contributed by atoms with Gasteiger partial charge in [-0.05, 0) is 36.7 Å². The van der Waals surface area contributed by atoms with Gasteiger partial charge in [-0.25, -0.2) is 4.79 Å². The molecule has 1 aliphatic heterocycles. The van der Waals surface area contributed by atoms with E-state index in [9.17, 15) is 14.4 Å². The average molecular weight is 415 g/mol. The van der Waals surface area contributed by atoms with Crippen LogP contribution < -0.4 is 10.7 Å². The zero-order chi connectivity index (χ0) is 21.0. The lowest BCUT2D eigenvalue weighted by Gasteiger charge is -2.25. The van der Waals surface area contributed by atoms with Crippen molar-refractivity contribution < 1.29 is 14.4 Å². The lowest BCUT2D eigenvalue weighted by Crippen LogP contribution is -2.50. The maximum atomic E-state index is 13.0. The van der Waals surface area contributed by atoms with E-state index in [1.54, 1.807) is 42.3 Å². The van der Waals surface area contributed by atoms with Gasteiger partial charge in [0, 0.05) is 11.6 Å². The first kappa shape index (κ1) is 20.8. The Morgan fingerprint density at radius 1 is 1.17 bits per heavy atom. The fraction of sp³-hybridized carbons (Fsp3) is 0.286. The van der Waals surface area contributed by atoms with Gasteiger partial charge in [-0.15, -0.1) is 0 Å². The standard InChI is InChI=1S/C21H23ClN4O3/c1-3-21(16-9-5-4-6-10-16)19(28)26(20(29)23-21)24-18(27)14-25(2)13-15-8-7-11-17(22)12-15/h4-12H,3,13-14H2,1-2H3,(H,23,29)(H,24,27). The van der Waals surface area contributed by atoms with Gasteiger partial charge in [-0.2, -0.15) is 5.01 Å². The number of rotatable bonds is 7. The summed E-state index contributed by atoms with van der Waals surface area (Å²) in [7, 11) is 1.77. The molecule has 7 nitrogen and oxygen atoms in total. The molecule has 4 amide bonds. The van der Waals surface area contributed by atoms with E-state index in [0.29, 0.717) is 23.6 Å². The molecule has 3 rings (SSSR count). The minimum atomic E-state index is -1.18. The minimum absolute atomic E-state index is 0.00797. The molecule has 0 aliphatic carbocycles. The molecule has 0 spiro atoms. The van der Waals surface area contributed by atoms with Crippen LogP contribution in [0.1, 0.15) is 24.5 Å². The van der Waals surface area contributed by atoms with Gasteiger partial charge in [0.1, 0.15) is 5.54 Å². The highest BCUT2D eigenvalue weighted by molar-refractivity contribution is 6.30. The highest BCUT2D eigenvalue weighted by atomic mass is 35.5. The van der Waals surface area contributed by atoms with E-state index in [2.05, 4.69) is 10.7 Å². The SMILES string of the molecule is CCC1(c2ccccc2)NC(=O)N(NC(=O)CN(C)Cc2cccc(Cl)c2)C1=O. The van der Waals surface area contributed by atoms with Crippen LogP contribution in [0.4, 0.5) is 4.79 Å². The first-order chi connectivity index (χ1) is 13.9. The lowest BCUT2D eigenvalue weighted by atomic mass is 9.87. The summed E-state index contributed by atoms with van der Waals surface area (Å²) in [4.78, 5) is 39.7. The van der Waals surface area contributed by atoms with Crippen LogP contribution in [0.15, 0.2) is 54.6 Å². The van der Waals surface area contributed by atoms with Crippen LogP contribution >= 0.6 is 11.6 Å². The van der Waals surface area contributed by atoms with Crippen LogP contribution in [-0.2, 0) is 21.7 Å². The Hall–Kier alpha value is -2.90. The number of urea groups is 1. The van der Waals surface area contributed by atoms with Crippen molar-refractivity contribution in [3.63, 3.8) is 0 Å². The van der Waals surface area contributed by atoms with Crippen molar-refractivity contribution in [2.75, 3.05) is 13.6 Å². The summed E-state index contributed by atoms with van der Waals surface area (Å²) < 4.78 is 0. The monoisotopic (exact) mass is 414 g/mol. The van der Waals surface area contributed by atoms with Crippen LogP contribution in [0.2, 0.25) is 5.02 Å². The Bertz CT molecular complexity index is 921.